The summed E-state index contributed by atoms with van der Waals surface area (Å²) in [6.45, 7) is 1.18. The first-order valence-corrected chi connectivity index (χ1v) is 11.1. The van der Waals surface area contributed by atoms with E-state index in [4.69, 9.17) is 10.5 Å². The molecular formula is C24H24N4O3S. The minimum absolute atomic E-state index is 0.225. The number of ether oxygens (including phenoxy) is 1. The average molecular weight is 449 g/mol. The van der Waals surface area contributed by atoms with E-state index in [-0.39, 0.29) is 16.4 Å². The molecule has 0 bridgehead atoms. The molecule has 1 fully saturated rings. The largest absolute Gasteiger partial charge is 0.492 e. The molecule has 3 N–H and O–H groups in total. The van der Waals surface area contributed by atoms with Crippen molar-refractivity contribution in [2.45, 2.75) is 11.7 Å². The van der Waals surface area contributed by atoms with Gasteiger partial charge in [0.1, 0.15) is 12.4 Å². The zero-order chi connectivity index (χ0) is 22.5. The summed E-state index contributed by atoms with van der Waals surface area (Å²) in [5.41, 5.74) is 10.4. The topological polar surface area (TPSA) is 97.5 Å². The summed E-state index contributed by atoms with van der Waals surface area (Å²) in [6.07, 6.45) is 2.30. The van der Waals surface area contributed by atoms with E-state index in [0.717, 1.165) is 45.7 Å². The molecule has 1 unspecified atom stereocenters. The molecule has 32 heavy (non-hydrogen) atoms. The molecule has 0 aliphatic carbocycles. The Kier molecular flexibility index (Phi) is 6.61. The Morgan fingerprint density at radius 2 is 1.84 bits per heavy atom. The molecule has 0 radical (unpaired) electrons. The number of benzene rings is 2. The Labute approximate surface area is 191 Å². The van der Waals surface area contributed by atoms with Gasteiger partial charge in [0.05, 0.1) is 23.2 Å². The lowest BCUT2D eigenvalue weighted by molar-refractivity contribution is -0.118. The fourth-order valence-electron chi connectivity index (χ4n) is 3.45. The predicted octanol–water partition coefficient (Wildman–Crippen LogP) is 3.74. The van der Waals surface area contributed by atoms with Crippen molar-refractivity contribution in [3.8, 4) is 17.0 Å². The average Bonchev–Trinajstić information content (AvgIpc) is 3.12. The van der Waals surface area contributed by atoms with E-state index in [2.05, 4.69) is 15.2 Å². The van der Waals surface area contributed by atoms with Gasteiger partial charge >= 0.3 is 0 Å². The van der Waals surface area contributed by atoms with Crippen LogP contribution in [0.1, 0.15) is 5.56 Å². The van der Waals surface area contributed by atoms with E-state index in [1.165, 1.54) is 0 Å². The first kappa shape index (κ1) is 21.7. The van der Waals surface area contributed by atoms with Gasteiger partial charge in [-0.3, -0.25) is 19.9 Å². The molecule has 2 aromatic carbocycles. The highest BCUT2D eigenvalue weighted by atomic mass is 32.2. The second kappa shape index (κ2) is 9.74. The van der Waals surface area contributed by atoms with E-state index in [0.29, 0.717) is 19.6 Å². The maximum Gasteiger partial charge on any atom is 0.286 e. The SMILES string of the molecule is CN(CCOc1ccc(CC2SC(=O)NC2=O)cc1)c1cccnc1-c1ccc(N)cc1. The number of rotatable bonds is 8. The van der Waals surface area contributed by atoms with E-state index in [9.17, 15) is 9.59 Å². The maximum absolute atomic E-state index is 11.7. The van der Waals surface area contributed by atoms with Gasteiger partial charge in [-0.05, 0) is 48.4 Å². The summed E-state index contributed by atoms with van der Waals surface area (Å²) >= 11 is 1.04. The number of aromatic nitrogens is 1. The molecule has 4 rings (SSSR count). The molecule has 7 nitrogen and oxygen atoms in total. The molecule has 0 saturated carbocycles. The highest BCUT2D eigenvalue weighted by molar-refractivity contribution is 8.15. The van der Waals surface area contributed by atoms with Crippen molar-refractivity contribution in [3.05, 3.63) is 72.4 Å². The number of imide groups is 1. The monoisotopic (exact) mass is 448 g/mol. The lowest BCUT2D eigenvalue weighted by Crippen LogP contribution is -2.25. The molecule has 0 spiro atoms. The molecule has 3 aromatic rings. The van der Waals surface area contributed by atoms with Crippen LogP contribution in [0.2, 0.25) is 0 Å². The fourth-order valence-corrected chi connectivity index (χ4v) is 4.31. The fraction of sp³-hybridized carbons (Fsp3) is 0.208. The van der Waals surface area contributed by atoms with E-state index in [1.54, 1.807) is 6.20 Å². The van der Waals surface area contributed by atoms with E-state index >= 15 is 0 Å². The number of nitrogens with two attached hydrogens (primary N) is 1. The third-order valence-corrected chi connectivity index (χ3v) is 6.17. The summed E-state index contributed by atoms with van der Waals surface area (Å²) in [6, 6.07) is 19.3. The first-order valence-electron chi connectivity index (χ1n) is 10.2. The van der Waals surface area contributed by atoms with Gasteiger partial charge in [-0.1, -0.05) is 36.0 Å². The number of hydrogen-bond acceptors (Lipinski definition) is 7. The number of amides is 2. The van der Waals surface area contributed by atoms with Crippen molar-refractivity contribution in [3.63, 3.8) is 0 Å². The number of nitrogens with one attached hydrogen (secondary N) is 1. The van der Waals surface area contributed by atoms with Gasteiger partial charge in [0, 0.05) is 24.5 Å². The predicted molar refractivity (Wildman–Crippen MR) is 128 cm³/mol. The smallest absolute Gasteiger partial charge is 0.286 e. The van der Waals surface area contributed by atoms with Gasteiger partial charge in [0.15, 0.2) is 0 Å². The summed E-state index contributed by atoms with van der Waals surface area (Å²) in [4.78, 5) is 29.7. The molecule has 1 saturated heterocycles. The summed E-state index contributed by atoms with van der Waals surface area (Å²) in [5, 5.41) is 1.67. The van der Waals surface area contributed by atoms with Crippen molar-refractivity contribution in [1.29, 1.82) is 0 Å². The van der Waals surface area contributed by atoms with E-state index in [1.807, 2.05) is 67.7 Å². The number of thioether (sulfide) groups is 1. The second-order valence-electron chi connectivity index (χ2n) is 7.49. The molecule has 8 heteroatoms. The van der Waals surface area contributed by atoms with Gasteiger partial charge in [0.25, 0.3) is 5.24 Å². The number of nitrogen functional groups attached to an aromatic ring is 1. The van der Waals surface area contributed by atoms with E-state index < -0.39 is 0 Å². The van der Waals surface area contributed by atoms with Crippen LogP contribution in [-0.4, -0.2) is 41.6 Å². The summed E-state index contributed by atoms with van der Waals surface area (Å²) in [7, 11) is 2.01. The number of anilines is 2. The highest BCUT2D eigenvalue weighted by Gasteiger charge is 2.31. The third kappa shape index (κ3) is 5.20. The zero-order valence-corrected chi connectivity index (χ0v) is 18.5. The number of hydrogen-bond donors (Lipinski definition) is 2. The number of carbonyl (C=O) groups is 2. The number of likely N-dealkylation sites (N-methyl/N-ethyl adjacent to an activating group) is 1. The van der Waals surface area contributed by atoms with Crippen LogP contribution >= 0.6 is 11.8 Å². The molecule has 1 aromatic heterocycles. The van der Waals surface area contributed by atoms with Crippen LogP contribution in [0.5, 0.6) is 5.75 Å². The third-order valence-electron chi connectivity index (χ3n) is 5.19. The van der Waals surface area contributed by atoms with Gasteiger partial charge in [-0.15, -0.1) is 0 Å². The lowest BCUT2D eigenvalue weighted by Gasteiger charge is -2.22. The van der Waals surface area contributed by atoms with Gasteiger partial charge in [0.2, 0.25) is 5.91 Å². The van der Waals surface area contributed by atoms with Crippen LogP contribution in [0.15, 0.2) is 66.9 Å². The summed E-state index contributed by atoms with van der Waals surface area (Å²) in [5.74, 6) is 0.531. The number of nitrogens with zero attached hydrogens (tertiary/aromatic N) is 2. The van der Waals surface area contributed by atoms with Gasteiger partial charge in [-0.25, -0.2) is 0 Å². The quantitative estimate of drug-likeness (QED) is 0.507. The number of pyridine rings is 1. The Hall–Kier alpha value is -3.52. The Bertz CT molecular complexity index is 1100. The summed E-state index contributed by atoms with van der Waals surface area (Å²) < 4.78 is 5.91. The normalized spacial score (nSPS) is 15.5. The molecular weight excluding hydrogens is 424 g/mol. The Balaban J connectivity index is 1.32. The molecule has 1 atom stereocenters. The van der Waals surface area contributed by atoms with Crippen LogP contribution in [0.3, 0.4) is 0 Å². The van der Waals surface area contributed by atoms with Gasteiger partial charge in [-0.2, -0.15) is 0 Å². The molecule has 2 amide bonds. The van der Waals surface area contributed by atoms with Crippen molar-refractivity contribution in [1.82, 2.24) is 10.3 Å². The van der Waals surface area contributed by atoms with Crippen molar-refractivity contribution in [2.75, 3.05) is 30.8 Å². The Morgan fingerprint density at radius 3 is 2.53 bits per heavy atom. The maximum atomic E-state index is 11.7. The number of carbonyl (C=O) groups excluding carboxylic acids is 2. The van der Waals surface area contributed by atoms with Crippen LogP contribution in [0.4, 0.5) is 16.2 Å². The van der Waals surface area contributed by atoms with Crippen LogP contribution in [0, 0.1) is 0 Å². The first-order chi connectivity index (χ1) is 15.5. The zero-order valence-electron chi connectivity index (χ0n) is 17.7. The molecule has 1 aliphatic rings. The van der Waals surface area contributed by atoms with Crippen LogP contribution in [0.25, 0.3) is 11.3 Å². The highest BCUT2D eigenvalue weighted by Crippen LogP contribution is 2.28. The standard InChI is InChI=1S/C24H24N4O3S/c1-28(20-3-2-12-26-22(20)17-6-8-18(25)9-7-17)13-14-31-19-10-4-16(5-11-19)15-21-23(29)27-24(30)32-21/h2-12,21H,13-15,25H2,1H3,(H,27,29,30). The lowest BCUT2D eigenvalue weighted by atomic mass is 10.1. The minimum Gasteiger partial charge on any atom is -0.492 e. The second-order valence-corrected chi connectivity index (χ2v) is 8.67. The van der Waals surface area contributed by atoms with Crippen molar-refractivity contribution >= 4 is 34.3 Å². The van der Waals surface area contributed by atoms with Crippen molar-refractivity contribution in [2.24, 2.45) is 0 Å². The molecule has 2 heterocycles. The Morgan fingerprint density at radius 1 is 1.09 bits per heavy atom. The van der Waals surface area contributed by atoms with Crippen molar-refractivity contribution < 1.29 is 14.3 Å². The van der Waals surface area contributed by atoms with Crippen LogP contribution < -0.4 is 20.7 Å². The van der Waals surface area contributed by atoms with Crippen LogP contribution in [-0.2, 0) is 11.2 Å². The van der Waals surface area contributed by atoms with Gasteiger partial charge < -0.3 is 15.4 Å². The minimum atomic E-state index is -0.363. The molecule has 1 aliphatic heterocycles. The molecule has 164 valence electrons.